The zero-order chi connectivity index (χ0) is 26.6. The van der Waals surface area contributed by atoms with Gasteiger partial charge in [-0.15, -0.1) is 0 Å². The average Bonchev–Trinajstić information content (AvgIpc) is 3.33. The molecule has 2 amide bonds. The van der Waals surface area contributed by atoms with Gasteiger partial charge in [-0.05, 0) is 59.8 Å². The Morgan fingerprint density at radius 2 is 0.769 bits per heavy atom. The van der Waals surface area contributed by atoms with E-state index >= 15 is 0 Å². The van der Waals surface area contributed by atoms with E-state index in [9.17, 15) is 9.59 Å². The van der Waals surface area contributed by atoms with Crippen LogP contribution in [0.2, 0.25) is 0 Å². The summed E-state index contributed by atoms with van der Waals surface area (Å²) in [5.74, 6) is -0.619. The van der Waals surface area contributed by atoms with Gasteiger partial charge in [-0.25, -0.2) is 4.90 Å². The van der Waals surface area contributed by atoms with E-state index in [4.69, 9.17) is 0 Å². The lowest BCUT2D eigenvalue weighted by Gasteiger charge is -2.29. The van der Waals surface area contributed by atoms with Crippen molar-refractivity contribution >= 4 is 65.2 Å². The smallest absolute Gasteiger partial charge is 0.258 e. The molecule has 0 radical (unpaired) electrons. The van der Waals surface area contributed by atoms with Gasteiger partial charge in [-0.2, -0.15) is 0 Å². The molecule has 1 aliphatic heterocycles. The molecule has 0 saturated heterocycles. The minimum atomic E-state index is -0.993. The third kappa shape index (κ3) is 5.12. The van der Waals surface area contributed by atoms with Crippen molar-refractivity contribution in [1.82, 2.24) is 0 Å². The van der Waals surface area contributed by atoms with Gasteiger partial charge in [-0.3, -0.25) is 9.59 Å². The standard InChI is InChI=1S/C34H25NO2P2/c36-33-23-24-34(37)35(33)26-21-22-31(38(27-13-5-1-6-14-27)28-15-7-2-8-16-28)32(25-26)39(29-17-9-3-10-18-29)30-19-11-4-12-20-30/h1-25H. The van der Waals surface area contributed by atoms with Gasteiger partial charge in [0.1, 0.15) is 0 Å². The van der Waals surface area contributed by atoms with Crippen LogP contribution in [-0.4, -0.2) is 11.8 Å². The first-order valence-corrected chi connectivity index (χ1v) is 15.4. The largest absolute Gasteiger partial charge is 0.269 e. The number of hydrogen-bond donors (Lipinski definition) is 0. The third-order valence-electron chi connectivity index (χ3n) is 6.57. The van der Waals surface area contributed by atoms with E-state index in [1.54, 1.807) is 0 Å². The van der Waals surface area contributed by atoms with Crippen LogP contribution in [0.1, 0.15) is 0 Å². The summed E-state index contributed by atoms with van der Waals surface area (Å²) < 4.78 is 0. The predicted molar refractivity (Wildman–Crippen MR) is 165 cm³/mol. The molecule has 188 valence electrons. The maximum absolute atomic E-state index is 12.7. The summed E-state index contributed by atoms with van der Waals surface area (Å²) in [6.45, 7) is 0. The SMILES string of the molecule is O=C1C=CC(=O)N1c1ccc(P(c2ccccc2)c2ccccc2)c(P(c2ccccc2)c2ccccc2)c1. The fourth-order valence-corrected chi connectivity index (χ4v) is 10.1. The van der Waals surface area contributed by atoms with E-state index in [1.807, 2.05) is 30.3 Å². The molecule has 0 atom stereocenters. The normalized spacial score (nSPS) is 13.0. The zero-order valence-electron chi connectivity index (χ0n) is 21.1. The lowest BCUT2D eigenvalue weighted by atomic mass is 10.3. The molecule has 0 unspecified atom stereocenters. The summed E-state index contributed by atoms with van der Waals surface area (Å²) in [4.78, 5) is 26.7. The van der Waals surface area contributed by atoms with Crippen molar-refractivity contribution in [3.63, 3.8) is 0 Å². The van der Waals surface area contributed by atoms with E-state index < -0.39 is 15.8 Å². The van der Waals surface area contributed by atoms with E-state index in [0.717, 1.165) is 5.30 Å². The van der Waals surface area contributed by atoms with E-state index in [1.165, 1.54) is 43.6 Å². The summed E-state index contributed by atoms with van der Waals surface area (Å²) in [5, 5.41) is 7.29. The number of anilines is 1. The fraction of sp³-hybridized carbons (Fsp3) is 0. The van der Waals surface area contributed by atoms with Crippen LogP contribution in [0.3, 0.4) is 0 Å². The second-order valence-electron chi connectivity index (χ2n) is 9.03. The number of benzene rings is 5. The first-order valence-electron chi connectivity index (χ1n) is 12.7. The van der Waals surface area contributed by atoms with Gasteiger partial charge >= 0.3 is 0 Å². The second-order valence-corrected chi connectivity index (χ2v) is 13.4. The summed E-state index contributed by atoms with van der Waals surface area (Å²) in [6, 6.07) is 48.4. The van der Waals surface area contributed by atoms with Gasteiger partial charge in [0.25, 0.3) is 11.8 Å². The molecule has 0 bridgehead atoms. The summed E-state index contributed by atoms with van der Waals surface area (Å²) >= 11 is 0. The Kier molecular flexibility index (Phi) is 7.28. The first-order chi connectivity index (χ1) is 19.2. The molecule has 0 spiro atoms. The molecule has 0 fully saturated rings. The van der Waals surface area contributed by atoms with Crippen LogP contribution in [0, 0.1) is 0 Å². The second kappa shape index (κ2) is 11.3. The molecule has 0 aromatic heterocycles. The maximum atomic E-state index is 12.7. The molecular weight excluding hydrogens is 516 g/mol. The topological polar surface area (TPSA) is 37.4 Å². The van der Waals surface area contributed by atoms with Crippen molar-refractivity contribution in [2.75, 3.05) is 4.90 Å². The van der Waals surface area contributed by atoms with Crippen LogP contribution in [-0.2, 0) is 9.59 Å². The Bertz CT molecular complexity index is 1540. The third-order valence-corrected chi connectivity index (χ3v) is 11.7. The molecule has 0 aliphatic carbocycles. The molecule has 0 N–H and O–H groups in total. The number of carbonyl (C=O) groups is 2. The van der Waals surface area contributed by atoms with Gasteiger partial charge in [0.05, 0.1) is 5.69 Å². The minimum absolute atomic E-state index is 0.309. The number of hydrogen-bond acceptors (Lipinski definition) is 2. The molecule has 5 heteroatoms. The van der Waals surface area contributed by atoms with Crippen molar-refractivity contribution in [2.24, 2.45) is 0 Å². The van der Waals surface area contributed by atoms with Crippen molar-refractivity contribution in [3.8, 4) is 0 Å². The van der Waals surface area contributed by atoms with Gasteiger partial charge in [-0.1, -0.05) is 127 Å². The molecule has 1 heterocycles. The van der Waals surface area contributed by atoms with Crippen molar-refractivity contribution < 1.29 is 9.59 Å². The molecule has 5 aromatic carbocycles. The highest BCUT2D eigenvalue weighted by Crippen LogP contribution is 2.40. The number of imide groups is 1. The van der Waals surface area contributed by atoms with Crippen molar-refractivity contribution in [1.29, 1.82) is 0 Å². The summed E-state index contributed by atoms with van der Waals surface area (Å²) in [6.07, 6.45) is 2.68. The maximum Gasteiger partial charge on any atom is 0.258 e. The van der Waals surface area contributed by atoms with Crippen LogP contribution < -0.4 is 36.7 Å². The Morgan fingerprint density at radius 1 is 0.410 bits per heavy atom. The van der Waals surface area contributed by atoms with Crippen LogP contribution in [0.15, 0.2) is 152 Å². The summed E-state index contributed by atoms with van der Waals surface area (Å²) in [7, 11) is -1.91. The molecule has 5 aromatic rings. The van der Waals surface area contributed by atoms with E-state index in [2.05, 4.69) is 109 Å². The molecule has 6 rings (SSSR count). The lowest BCUT2D eigenvalue weighted by Crippen LogP contribution is -2.37. The molecule has 1 aliphatic rings. The Labute approximate surface area is 231 Å². The zero-order valence-corrected chi connectivity index (χ0v) is 22.9. The number of rotatable bonds is 7. The van der Waals surface area contributed by atoms with Gasteiger partial charge in [0, 0.05) is 12.2 Å². The van der Waals surface area contributed by atoms with Gasteiger partial charge < -0.3 is 0 Å². The Hall–Kier alpha value is -4.16. The van der Waals surface area contributed by atoms with Crippen molar-refractivity contribution in [3.05, 3.63) is 152 Å². The Morgan fingerprint density at radius 3 is 1.15 bits per heavy atom. The number of nitrogens with zero attached hydrogens (tertiary/aromatic N) is 1. The van der Waals surface area contributed by atoms with Crippen molar-refractivity contribution in [2.45, 2.75) is 0 Å². The molecule has 0 saturated carbocycles. The van der Waals surface area contributed by atoms with Gasteiger partial charge in [0.15, 0.2) is 0 Å². The quantitative estimate of drug-likeness (QED) is 0.223. The van der Waals surface area contributed by atoms with Gasteiger partial charge in [0.2, 0.25) is 0 Å². The fourth-order valence-electron chi connectivity index (χ4n) is 4.84. The van der Waals surface area contributed by atoms with Crippen LogP contribution >= 0.6 is 15.8 Å². The summed E-state index contributed by atoms with van der Waals surface area (Å²) in [5.41, 5.74) is 0.601. The number of carbonyl (C=O) groups excluding carboxylic acids is 2. The van der Waals surface area contributed by atoms with E-state index in [-0.39, 0.29) is 11.8 Å². The number of amides is 2. The highest BCUT2D eigenvalue weighted by atomic mass is 31.1. The van der Waals surface area contributed by atoms with E-state index in [0.29, 0.717) is 5.69 Å². The minimum Gasteiger partial charge on any atom is -0.269 e. The molecule has 3 nitrogen and oxygen atoms in total. The van der Waals surface area contributed by atoms with Crippen LogP contribution in [0.25, 0.3) is 0 Å². The average molecular weight is 542 g/mol. The predicted octanol–water partition coefficient (Wildman–Crippen LogP) is 4.63. The first kappa shape index (κ1) is 25.1. The Balaban J connectivity index is 1.64. The highest BCUT2D eigenvalue weighted by molar-refractivity contribution is 7.85. The highest BCUT2D eigenvalue weighted by Gasteiger charge is 2.30. The molecule has 39 heavy (non-hydrogen) atoms. The molecular formula is C34H25NO2P2. The monoisotopic (exact) mass is 541 g/mol. The van der Waals surface area contributed by atoms with Crippen LogP contribution in [0.5, 0.6) is 0 Å². The lowest BCUT2D eigenvalue weighted by molar-refractivity contribution is -0.119. The van der Waals surface area contributed by atoms with Crippen LogP contribution in [0.4, 0.5) is 5.69 Å².